The normalized spacial score (nSPS) is 17.8. The van der Waals surface area contributed by atoms with Crippen LogP contribution in [-0.4, -0.2) is 65.7 Å². The van der Waals surface area contributed by atoms with E-state index in [1.54, 1.807) is 13.8 Å². The van der Waals surface area contributed by atoms with E-state index >= 15 is 0 Å². The van der Waals surface area contributed by atoms with Gasteiger partial charge in [0.05, 0.1) is 44.2 Å². The summed E-state index contributed by atoms with van der Waals surface area (Å²) in [5.41, 5.74) is -1.14. The number of nitrogens with zero attached hydrogens (tertiary/aromatic N) is 1. The van der Waals surface area contributed by atoms with Gasteiger partial charge in [-0.25, -0.2) is 13.8 Å². The quantitative estimate of drug-likeness (QED) is 0.382. The molecule has 38 heavy (non-hydrogen) atoms. The summed E-state index contributed by atoms with van der Waals surface area (Å²) in [4.78, 5) is 32.0. The fourth-order valence-electron chi connectivity index (χ4n) is 3.92. The Hall–Kier alpha value is -3.61. The number of hydrogen-bond acceptors (Lipinski definition) is 8. The number of fused-ring (bicyclic) bond motifs is 1. The number of carbonyl (C=O) groups is 1. The smallest absolute Gasteiger partial charge is 0.287 e. The second kappa shape index (κ2) is 11.4. The van der Waals surface area contributed by atoms with E-state index in [9.17, 15) is 23.5 Å². The summed E-state index contributed by atoms with van der Waals surface area (Å²) in [6.07, 6.45) is -0.418. The largest absolute Gasteiger partial charge is 0.494 e. The molecule has 3 aromatic rings. The molecule has 1 aromatic heterocycles. The van der Waals surface area contributed by atoms with Gasteiger partial charge in [-0.15, -0.1) is 0 Å². The van der Waals surface area contributed by atoms with Gasteiger partial charge in [0, 0.05) is 13.0 Å². The standard InChI is InChI=1S/C26H29F2N3O7/c1-26(2,34)20-13-37-15(12-38-20)8-9-36-22-17(28)6-7-18-21(22)24(32)31-23(30-18)25(33)29-11-14-4-5-16(27)19(10-14)35-3/h4-7,10,15,20,34H,8-9,11-13H2,1-3H3,(H,29,33)(H,30,31,32). The lowest BCUT2D eigenvalue weighted by atomic mass is 10.0. The van der Waals surface area contributed by atoms with E-state index in [-0.39, 0.29) is 60.7 Å². The van der Waals surface area contributed by atoms with E-state index in [1.165, 1.54) is 31.4 Å². The van der Waals surface area contributed by atoms with Crippen LogP contribution in [0.4, 0.5) is 8.78 Å². The number of nitrogens with one attached hydrogen (secondary N) is 2. The summed E-state index contributed by atoms with van der Waals surface area (Å²) in [5.74, 6) is -2.50. The van der Waals surface area contributed by atoms with Gasteiger partial charge >= 0.3 is 0 Å². The Morgan fingerprint density at radius 1 is 1.21 bits per heavy atom. The van der Waals surface area contributed by atoms with Crippen molar-refractivity contribution < 1.29 is 37.6 Å². The molecule has 2 heterocycles. The van der Waals surface area contributed by atoms with E-state index in [1.807, 2.05) is 0 Å². The van der Waals surface area contributed by atoms with Crippen LogP contribution < -0.4 is 20.3 Å². The Morgan fingerprint density at radius 2 is 1.97 bits per heavy atom. The van der Waals surface area contributed by atoms with E-state index in [0.29, 0.717) is 12.0 Å². The maximum atomic E-state index is 14.6. The zero-order chi connectivity index (χ0) is 27.4. The number of hydrogen-bond donors (Lipinski definition) is 3. The highest BCUT2D eigenvalue weighted by atomic mass is 19.1. The minimum absolute atomic E-state index is 0.0263. The fraction of sp³-hybridized carbons (Fsp3) is 0.423. The second-order valence-electron chi connectivity index (χ2n) is 9.40. The van der Waals surface area contributed by atoms with Gasteiger partial charge in [0.1, 0.15) is 11.5 Å². The molecule has 1 saturated heterocycles. The molecule has 4 rings (SSSR count). The first kappa shape index (κ1) is 27.4. The molecule has 0 spiro atoms. The molecule has 1 aliphatic heterocycles. The van der Waals surface area contributed by atoms with Crippen molar-refractivity contribution in [3.63, 3.8) is 0 Å². The Bertz CT molecular complexity index is 1370. The Morgan fingerprint density at radius 3 is 2.66 bits per heavy atom. The van der Waals surface area contributed by atoms with Crippen LogP contribution in [0.1, 0.15) is 36.5 Å². The minimum Gasteiger partial charge on any atom is -0.494 e. The van der Waals surface area contributed by atoms with Crippen LogP contribution in [0.15, 0.2) is 35.1 Å². The molecule has 0 saturated carbocycles. The lowest BCUT2D eigenvalue weighted by Crippen LogP contribution is -2.48. The number of amides is 1. The van der Waals surface area contributed by atoms with Crippen LogP contribution >= 0.6 is 0 Å². The van der Waals surface area contributed by atoms with Gasteiger partial charge in [-0.1, -0.05) is 6.07 Å². The van der Waals surface area contributed by atoms with Crippen molar-refractivity contribution >= 4 is 16.8 Å². The van der Waals surface area contributed by atoms with Crippen LogP contribution in [0, 0.1) is 11.6 Å². The van der Waals surface area contributed by atoms with Crippen LogP contribution in [-0.2, 0) is 16.0 Å². The molecule has 1 aliphatic rings. The number of ether oxygens (including phenoxy) is 4. The highest BCUT2D eigenvalue weighted by Crippen LogP contribution is 2.26. The van der Waals surface area contributed by atoms with Crippen LogP contribution in [0.5, 0.6) is 11.5 Å². The molecule has 0 aliphatic carbocycles. The van der Waals surface area contributed by atoms with Gasteiger partial charge in [0.25, 0.3) is 11.5 Å². The van der Waals surface area contributed by atoms with Crippen molar-refractivity contribution in [2.24, 2.45) is 0 Å². The second-order valence-corrected chi connectivity index (χ2v) is 9.40. The number of methoxy groups -OCH3 is 1. The first-order valence-electron chi connectivity index (χ1n) is 12.0. The van der Waals surface area contributed by atoms with Crippen LogP contribution in [0.2, 0.25) is 0 Å². The Kier molecular flexibility index (Phi) is 8.24. The number of halogens is 2. The summed E-state index contributed by atoms with van der Waals surface area (Å²) < 4.78 is 50.1. The van der Waals surface area contributed by atoms with E-state index in [4.69, 9.17) is 18.9 Å². The zero-order valence-corrected chi connectivity index (χ0v) is 21.2. The van der Waals surface area contributed by atoms with E-state index in [2.05, 4.69) is 15.3 Å². The Labute approximate surface area is 216 Å². The monoisotopic (exact) mass is 533 g/mol. The van der Waals surface area contributed by atoms with Crippen molar-refractivity contribution in [3.05, 3.63) is 63.7 Å². The molecule has 3 N–H and O–H groups in total. The molecule has 2 unspecified atom stereocenters. The van der Waals surface area contributed by atoms with Crippen molar-refractivity contribution in [1.82, 2.24) is 15.3 Å². The molecule has 0 radical (unpaired) electrons. The number of carbonyl (C=O) groups excluding carboxylic acids is 1. The minimum atomic E-state index is -1.04. The molecule has 0 bridgehead atoms. The zero-order valence-electron chi connectivity index (χ0n) is 21.2. The molecule has 2 atom stereocenters. The molecular weight excluding hydrogens is 504 g/mol. The lowest BCUT2D eigenvalue weighted by Gasteiger charge is -2.35. The average Bonchev–Trinajstić information content (AvgIpc) is 2.89. The van der Waals surface area contributed by atoms with Gasteiger partial charge < -0.3 is 34.4 Å². The highest BCUT2D eigenvalue weighted by Gasteiger charge is 2.33. The highest BCUT2D eigenvalue weighted by molar-refractivity contribution is 5.93. The number of aliphatic hydroxyl groups is 1. The first-order valence-corrected chi connectivity index (χ1v) is 12.0. The molecule has 1 fully saturated rings. The fourth-order valence-corrected chi connectivity index (χ4v) is 3.92. The molecule has 12 heteroatoms. The van der Waals surface area contributed by atoms with Crippen LogP contribution in [0.3, 0.4) is 0 Å². The first-order chi connectivity index (χ1) is 18.1. The van der Waals surface area contributed by atoms with Crippen molar-refractivity contribution in [2.45, 2.75) is 44.6 Å². The van der Waals surface area contributed by atoms with Gasteiger partial charge in [-0.3, -0.25) is 9.59 Å². The summed E-state index contributed by atoms with van der Waals surface area (Å²) in [6, 6.07) is 6.52. The SMILES string of the molecule is COc1cc(CNC(=O)c2nc3ccc(F)c(OCCC4COC(C(C)(C)O)CO4)c3c(=O)[nH]2)ccc1F. The topological polar surface area (TPSA) is 132 Å². The number of aromatic amines is 1. The maximum Gasteiger partial charge on any atom is 0.287 e. The summed E-state index contributed by atoms with van der Waals surface area (Å²) in [6.45, 7) is 3.77. The number of benzene rings is 2. The molecular formula is C26H29F2N3O7. The molecule has 204 valence electrons. The van der Waals surface area contributed by atoms with Gasteiger partial charge in [-0.2, -0.15) is 0 Å². The number of H-pyrrole nitrogens is 1. The van der Waals surface area contributed by atoms with Crippen molar-refractivity contribution in [2.75, 3.05) is 26.9 Å². The Balaban J connectivity index is 1.42. The van der Waals surface area contributed by atoms with Crippen molar-refractivity contribution in [3.8, 4) is 11.5 Å². The predicted octanol–water partition coefficient (Wildman–Crippen LogP) is 2.46. The third kappa shape index (κ3) is 6.26. The predicted molar refractivity (Wildman–Crippen MR) is 132 cm³/mol. The van der Waals surface area contributed by atoms with E-state index in [0.717, 1.165) is 6.07 Å². The average molecular weight is 534 g/mol. The van der Waals surface area contributed by atoms with E-state index < -0.39 is 34.8 Å². The van der Waals surface area contributed by atoms with Gasteiger partial charge in [0.2, 0.25) is 0 Å². The molecule has 1 amide bonds. The number of rotatable bonds is 9. The third-order valence-corrected chi connectivity index (χ3v) is 6.10. The molecule has 10 nitrogen and oxygen atoms in total. The van der Waals surface area contributed by atoms with Crippen LogP contribution in [0.25, 0.3) is 10.9 Å². The summed E-state index contributed by atoms with van der Waals surface area (Å²) >= 11 is 0. The number of aromatic nitrogens is 2. The summed E-state index contributed by atoms with van der Waals surface area (Å²) in [7, 11) is 1.33. The third-order valence-electron chi connectivity index (χ3n) is 6.10. The van der Waals surface area contributed by atoms with Gasteiger partial charge in [0.15, 0.2) is 29.0 Å². The van der Waals surface area contributed by atoms with Gasteiger partial charge in [-0.05, 0) is 43.7 Å². The lowest BCUT2D eigenvalue weighted by molar-refractivity contribution is -0.191. The van der Waals surface area contributed by atoms with Crippen molar-refractivity contribution in [1.29, 1.82) is 0 Å². The maximum absolute atomic E-state index is 14.6. The molecule has 2 aromatic carbocycles. The summed E-state index contributed by atoms with van der Waals surface area (Å²) in [5, 5.41) is 12.5.